The van der Waals surface area contributed by atoms with Crippen molar-refractivity contribution in [1.29, 1.82) is 0 Å². The number of hydrogen-bond acceptors (Lipinski definition) is 6. The van der Waals surface area contributed by atoms with Crippen LogP contribution in [0.3, 0.4) is 0 Å². The fraction of sp³-hybridized carbons (Fsp3) is 0.640. The molecule has 1 unspecified atom stereocenters. The highest BCUT2D eigenvalue weighted by Crippen LogP contribution is 2.60. The van der Waals surface area contributed by atoms with Gasteiger partial charge in [-0.3, -0.25) is 4.79 Å². The van der Waals surface area contributed by atoms with Crippen LogP contribution in [0.25, 0.3) is 0 Å². The summed E-state index contributed by atoms with van der Waals surface area (Å²) in [5.41, 5.74) is 0.210. The predicted molar refractivity (Wildman–Crippen MR) is 121 cm³/mol. The first-order valence-corrected chi connectivity index (χ1v) is 13.7. The molecule has 0 amide bonds. The third-order valence-electron chi connectivity index (χ3n) is 8.63. The van der Waals surface area contributed by atoms with E-state index in [1.807, 2.05) is 0 Å². The van der Waals surface area contributed by atoms with E-state index in [9.17, 15) is 18.0 Å². The Morgan fingerprint density at radius 2 is 1.73 bits per heavy atom. The van der Waals surface area contributed by atoms with Crippen LogP contribution < -0.4 is 0 Å². The number of fused-ring (bicyclic) bond motifs is 1. The van der Waals surface area contributed by atoms with Crippen molar-refractivity contribution in [3.63, 3.8) is 0 Å². The van der Waals surface area contributed by atoms with Gasteiger partial charge in [-0.15, -0.1) is 4.40 Å². The van der Waals surface area contributed by atoms with Gasteiger partial charge < -0.3 is 9.64 Å². The molecule has 0 N–H and O–H groups in total. The predicted octanol–water partition coefficient (Wildman–Crippen LogP) is 3.32. The highest BCUT2D eigenvalue weighted by Gasteiger charge is 2.55. The number of benzene rings is 1. The zero-order chi connectivity index (χ0) is 23.0. The van der Waals surface area contributed by atoms with E-state index in [0.29, 0.717) is 42.1 Å². The molecule has 1 saturated heterocycles. The summed E-state index contributed by atoms with van der Waals surface area (Å²) >= 11 is 0. The van der Waals surface area contributed by atoms with Crippen molar-refractivity contribution in [3.8, 4) is 0 Å². The molecule has 4 bridgehead atoms. The quantitative estimate of drug-likeness (QED) is 0.627. The molecule has 33 heavy (non-hydrogen) atoms. The highest BCUT2D eigenvalue weighted by molar-refractivity contribution is 7.90. The van der Waals surface area contributed by atoms with Crippen LogP contribution in [0.5, 0.6) is 0 Å². The SMILES string of the molecule is CC(OC(=O)[C@@H]1CCCN1C1=NS(=O)(=O)c2ccccc21)C(=O)C12CC3CC(CC(C3)C1)C2. The van der Waals surface area contributed by atoms with Crippen LogP contribution in [0.15, 0.2) is 33.6 Å². The van der Waals surface area contributed by atoms with Crippen molar-refractivity contribution in [1.82, 2.24) is 4.90 Å². The lowest BCUT2D eigenvalue weighted by atomic mass is 9.48. The van der Waals surface area contributed by atoms with Gasteiger partial charge in [-0.05, 0) is 88.2 Å². The number of Topliss-reactive ketones (excluding diaryl/α,β-unsaturated/α-hetero) is 1. The lowest BCUT2D eigenvalue weighted by molar-refractivity contribution is -0.167. The number of carbonyl (C=O) groups is 2. The minimum absolute atomic E-state index is 0.0885. The van der Waals surface area contributed by atoms with Crippen molar-refractivity contribution in [2.45, 2.75) is 75.3 Å². The summed E-state index contributed by atoms with van der Waals surface area (Å²) in [5.74, 6) is 1.89. The largest absolute Gasteiger partial charge is 0.453 e. The first-order chi connectivity index (χ1) is 15.8. The molecule has 2 atom stereocenters. The van der Waals surface area contributed by atoms with Crippen LogP contribution in [0.1, 0.15) is 63.9 Å². The third-order valence-corrected chi connectivity index (χ3v) is 9.96. The van der Waals surface area contributed by atoms with E-state index in [-0.39, 0.29) is 16.1 Å². The summed E-state index contributed by atoms with van der Waals surface area (Å²) in [6.45, 7) is 2.24. The van der Waals surface area contributed by atoms with E-state index < -0.39 is 28.1 Å². The molecule has 7 rings (SSSR count). The van der Waals surface area contributed by atoms with E-state index in [4.69, 9.17) is 4.74 Å². The first-order valence-electron chi connectivity index (χ1n) is 12.2. The fourth-order valence-corrected chi connectivity index (χ4v) is 8.93. The number of rotatable bonds is 4. The van der Waals surface area contributed by atoms with Gasteiger partial charge in [-0.1, -0.05) is 12.1 Å². The maximum atomic E-state index is 13.5. The van der Waals surface area contributed by atoms with E-state index >= 15 is 0 Å². The molecule has 0 spiro atoms. The number of likely N-dealkylation sites (tertiary alicyclic amines) is 1. The Balaban J connectivity index is 1.19. The van der Waals surface area contributed by atoms with Crippen LogP contribution in [0, 0.1) is 23.2 Å². The van der Waals surface area contributed by atoms with Gasteiger partial charge in [0.05, 0.1) is 0 Å². The normalized spacial score (nSPS) is 36.4. The van der Waals surface area contributed by atoms with Gasteiger partial charge in [0.1, 0.15) is 10.9 Å². The lowest BCUT2D eigenvalue weighted by Crippen LogP contribution is -2.53. The van der Waals surface area contributed by atoms with Crippen LogP contribution in [0.4, 0.5) is 0 Å². The minimum atomic E-state index is -3.76. The maximum Gasteiger partial charge on any atom is 0.329 e. The van der Waals surface area contributed by atoms with Crippen LogP contribution in [-0.4, -0.2) is 49.6 Å². The summed E-state index contributed by atoms with van der Waals surface area (Å²) in [6.07, 6.45) is 7.11. The number of carbonyl (C=O) groups excluding carboxylic acids is 2. The fourth-order valence-electron chi connectivity index (χ4n) is 7.71. The molecule has 0 aromatic heterocycles. The molecule has 2 heterocycles. The number of nitrogens with zero attached hydrogens (tertiary/aromatic N) is 2. The summed E-state index contributed by atoms with van der Waals surface area (Å²) in [5, 5.41) is 0. The van der Waals surface area contributed by atoms with Gasteiger partial charge >= 0.3 is 5.97 Å². The Bertz CT molecular complexity index is 1120. The molecule has 5 fully saturated rings. The molecule has 0 radical (unpaired) electrons. The Morgan fingerprint density at radius 3 is 2.39 bits per heavy atom. The van der Waals surface area contributed by atoms with Crippen LogP contribution in [-0.2, 0) is 24.3 Å². The van der Waals surface area contributed by atoms with Crippen molar-refractivity contribution >= 4 is 27.6 Å². The smallest absolute Gasteiger partial charge is 0.329 e. The van der Waals surface area contributed by atoms with E-state index in [0.717, 1.165) is 25.7 Å². The van der Waals surface area contributed by atoms with Crippen molar-refractivity contribution in [2.24, 2.45) is 27.6 Å². The molecular weight excluding hydrogens is 440 g/mol. The molecule has 6 aliphatic rings. The van der Waals surface area contributed by atoms with Gasteiger partial charge in [-0.2, -0.15) is 8.42 Å². The lowest BCUT2D eigenvalue weighted by Gasteiger charge is -2.56. The monoisotopic (exact) mass is 470 g/mol. The zero-order valence-corrected chi connectivity index (χ0v) is 19.7. The summed E-state index contributed by atoms with van der Waals surface area (Å²) in [7, 11) is -3.76. The number of ether oxygens (including phenoxy) is 1. The molecule has 1 aromatic carbocycles. The number of sulfonamides is 1. The number of hydrogen-bond donors (Lipinski definition) is 0. The Hall–Kier alpha value is -2.22. The van der Waals surface area contributed by atoms with Crippen molar-refractivity contribution < 1.29 is 22.7 Å². The Labute approximate surface area is 194 Å². The second kappa shape index (κ2) is 7.39. The van der Waals surface area contributed by atoms with Crippen LogP contribution >= 0.6 is 0 Å². The number of ketones is 1. The average Bonchev–Trinajstić information content (AvgIpc) is 3.35. The molecule has 8 heteroatoms. The topological polar surface area (TPSA) is 93.1 Å². The average molecular weight is 471 g/mol. The summed E-state index contributed by atoms with van der Waals surface area (Å²) < 4.78 is 34.8. The molecule has 4 aliphatic carbocycles. The second-order valence-electron chi connectivity index (χ2n) is 10.9. The number of amidine groups is 1. The van der Waals surface area contributed by atoms with Crippen LogP contribution in [0.2, 0.25) is 0 Å². The molecule has 7 nitrogen and oxygen atoms in total. The van der Waals surface area contributed by atoms with Gasteiger partial charge in [0.25, 0.3) is 10.0 Å². The molecule has 176 valence electrons. The molecule has 1 aromatic rings. The molecule has 4 saturated carbocycles. The summed E-state index contributed by atoms with van der Waals surface area (Å²) in [4.78, 5) is 28.7. The minimum Gasteiger partial charge on any atom is -0.453 e. The Kier molecular flexibility index (Phi) is 4.77. The van der Waals surface area contributed by atoms with Crippen molar-refractivity contribution in [3.05, 3.63) is 29.8 Å². The van der Waals surface area contributed by atoms with E-state index in [2.05, 4.69) is 4.40 Å². The first kappa shape index (κ1) is 21.3. The third kappa shape index (κ3) is 3.35. The summed E-state index contributed by atoms with van der Waals surface area (Å²) in [6, 6.07) is 6.07. The van der Waals surface area contributed by atoms with Gasteiger partial charge in [-0.25, -0.2) is 4.79 Å². The standard InChI is InChI=1S/C25H30N2O5S/c1-15(22(28)25-12-16-9-17(13-25)11-18(10-16)14-25)32-24(29)20-6-4-8-27(20)23-19-5-2-3-7-21(19)33(30,31)26-23/h2-3,5,7,15-18,20H,4,6,8-14H2,1H3/t15?,16?,17?,18?,20-,25?/m0/s1. The number of esters is 1. The van der Waals surface area contributed by atoms with Gasteiger partial charge in [0.2, 0.25) is 0 Å². The highest BCUT2D eigenvalue weighted by atomic mass is 32.2. The van der Waals surface area contributed by atoms with Crippen molar-refractivity contribution in [2.75, 3.05) is 6.54 Å². The van der Waals surface area contributed by atoms with E-state index in [1.54, 1.807) is 30.0 Å². The zero-order valence-electron chi connectivity index (χ0n) is 18.9. The molecular formula is C25H30N2O5S. The maximum absolute atomic E-state index is 13.5. The Morgan fingerprint density at radius 1 is 1.09 bits per heavy atom. The van der Waals surface area contributed by atoms with Gasteiger partial charge in [0.15, 0.2) is 17.7 Å². The van der Waals surface area contributed by atoms with E-state index in [1.165, 1.54) is 25.3 Å². The second-order valence-corrected chi connectivity index (χ2v) is 12.5. The van der Waals surface area contributed by atoms with Gasteiger partial charge in [0, 0.05) is 17.5 Å². The molecule has 2 aliphatic heterocycles.